The Morgan fingerprint density at radius 3 is 2.26 bits per heavy atom. The van der Waals surface area contributed by atoms with Gasteiger partial charge in [-0.15, -0.1) is 10.2 Å². The Morgan fingerprint density at radius 1 is 0.771 bits per heavy atom. The highest BCUT2D eigenvalue weighted by Gasteiger charge is 2.13. The summed E-state index contributed by atoms with van der Waals surface area (Å²) < 4.78 is 2.12. The van der Waals surface area contributed by atoms with Crippen molar-refractivity contribution in [3.05, 3.63) is 65.7 Å². The molecule has 0 saturated heterocycles. The lowest BCUT2D eigenvalue weighted by molar-refractivity contribution is 0.575. The second-order valence-corrected chi connectivity index (χ2v) is 9.20. The first-order chi connectivity index (χ1) is 17.3. The molecule has 0 aliphatic carbocycles. The van der Waals surface area contributed by atoms with Gasteiger partial charge >= 0.3 is 0 Å². The number of unbranched alkanes of at least 4 members (excludes halogenated alkanes) is 6. The lowest BCUT2D eigenvalue weighted by Gasteiger charge is -2.09. The first-order valence-electron chi connectivity index (χ1n) is 13.1. The fourth-order valence-electron chi connectivity index (χ4n) is 4.41. The van der Waals surface area contributed by atoms with Gasteiger partial charge in [0, 0.05) is 18.4 Å². The normalized spacial score (nSPS) is 11.3. The topological polar surface area (TPSA) is 85.2 Å². The molecule has 0 unspecified atom stereocenters. The molecule has 4 rings (SSSR count). The van der Waals surface area contributed by atoms with Gasteiger partial charge in [-0.3, -0.25) is 0 Å². The number of aryl methyl sites for hydroxylation is 2. The molecule has 0 amide bonds. The summed E-state index contributed by atoms with van der Waals surface area (Å²) in [6.45, 7) is 5.23. The SMILES string of the molecule is CCCCCCCCc1nc(CCCC)nn1Cc1ccc(-c2ccccc2-c2nn[nH]n2)cc1. The van der Waals surface area contributed by atoms with Gasteiger partial charge in [-0.2, -0.15) is 10.3 Å². The molecule has 0 saturated carbocycles. The Balaban J connectivity index is 1.46. The molecule has 0 fully saturated rings. The van der Waals surface area contributed by atoms with Crippen molar-refractivity contribution in [2.75, 3.05) is 0 Å². The molecule has 35 heavy (non-hydrogen) atoms. The molecular formula is C28H37N7. The number of nitrogens with zero attached hydrogens (tertiary/aromatic N) is 6. The van der Waals surface area contributed by atoms with E-state index in [2.05, 4.69) is 69.5 Å². The molecule has 0 bridgehead atoms. The number of nitrogens with one attached hydrogen (secondary N) is 1. The smallest absolute Gasteiger partial charge is 0.205 e. The number of tetrazole rings is 1. The molecule has 0 spiro atoms. The number of hydrogen-bond acceptors (Lipinski definition) is 5. The molecule has 2 heterocycles. The average Bonchev–Trinajstić information content (AvgIpc) is 3.56. The van der Waals surface area contributed by atoms with Crippen LogP contribution in [0.2, 0.25) is 0 Å². The van der Waals surface area contributed by atoms with Crippen molar-refractivity contribution < 1.29 is 0 Å². The van der Waals surface area contributed by atoms with Crippen molar-refractivity contribution in [3.63, 3.8) is 0 Å². The van der Waals surface area contributed by atoms with Gasteiger partial charge in [0.1, 0.15) is 5.82 Å². The maximum Gasteiger partial charge on any atom is 0.205 e. The molecule has 184 valence electrons. The molecule has 0 atom stereocenters. The summed E-state index contributed by atoms with van der Waals surface area (Å²) in [6.07, 6.45) is 12.0. The summed E-state index contributed by atoms with van der Waals surface area (Å²) in [6, 6.07) is 16.8. The van der Waals surface area contributed by atoms with Gasteiger partial charge in [0.25, 0.3) is 0 Å². The van der Waals surface area contributed by atoms with E-state index in [1.54, 1.807) is 0 Å². The molecular weight excluding hydrogens is 434 g/mol. The number of rotatable bonds is 14. The maximum absolute atomic E-state index is 4.91. The fourth-order valence-corrected chi connectivity index (χ4v) is 4.41. The van der Waals surface area contributed by atoms with Gasteiger partial charge in [-0.25, -0.2) is 9.67 Å². The van der Waals surface area contributed by atoms with Gasteiger partial charge in [0.2, 0.25) is 5.82 Å². The van der Waals surface area contributed by atoms with Crippen molar-refractivity contribution >= 4 is 0 Å². The first kappa shape index (κ1) is 24.8. The Bertz CT molecular complexity index is 1150. The quantitative estimate of drug-likeness (QED) is 0.215. The van der Waals surface area contributed by atoms with Gasteiger partial charge in [-0.1, -0.05) is 101 Å². The van der Waals surface area contributed by atoms with Crippen molar-refractivity contribution in [2.45, 2.75) is 84.6 Å². The van der Waals surface area contributed by atoms with Crippen LogP contribution >= 0.6 is 0 Å². The van der Waals surface area contributed by atoms with Crippen molar-refractivity contribution in [3.8, 4) is 22.5 Å². The summed E-state index contributed by atoms with van der Waals surface area (Å²) in [5.74, 6) is 2.71. The zero-order chi connectivity index (χ0) is 24.3. The molecule has 2 aromatic heterocycles. The summed E-state index contributed by atoms with van der Waals surface area (Å²) in [5, 5.41) is 19.5. The van der Waals surface area contributed by atoms with E-state index in [9.17, 15) is 0 Å². The van der Waals surface area contributed by atoms with E-state index < -0.39 is 0 Å². The minimum Gasteiger partial charge on any atom is -0.245 e. The molecule has 0 aliphatic rings. The fraction of sp³-hybridized carbons (Fsp3) is 0.464. The van der Waals surface area contributed by atoms with Crippen molar-refractivity contribution in [1.29, 1.82) is 0 Å². The van der Waals surface area contributed by atoms with Crippen LogP contribution in [0.4, 0.5) is 0 Å². The van der Waals surface area contributed by atoms with Gasteiger partial charge < -0.3 is 0 Å². The third-order valence-electron chi connectivity index (χ3n) is 6.41. The molecule has 0 radical (unpaired) electrons. The highest BCUT2D eigenvalue weighted by Crippen LogP contribution is 2.29. The standard InChI is InChI=1S/C28H37N7/c1-3-5-7-8-9-10-16-27-29-26(15-6-4-2)32-35(27)21-22-17-19-23(20-18-22)24-13-11-12-14-25(24)28-30-33-34-31-28/h11-14,17-20H,3-10,15-16,21H2,1-2H3,(H,30,31,33,34). The van der Waals surface area contributed by atoms with E-state index in [1.165, 1.54) is 44.1 Å². The van der Waals surface area contributed by atoms with Gasteiger partial charge in [-0.05, 0) is 34.7 Å². The molecule has 4 aromatic rings. The predicted octanol–water partition coefficient (Wildman–Crippen LogP) is 6.42. The van der Waals surface area contributed by atoms with E-state index >= 15 is 0 Å². The Kier molecular flexibility index (Phi) is 9.15. The van der Waals surface area contributed by atoms with Crippen LogP contribution in [-0.2, 0) is 19.4 Å². The Labute approximate surface area is 208 Å². The van der Waals surface area contributed by atoms with Crippen molar-refractivity contribution in [1.82, 2.24) is 35.4 Å². The van der Waals surface area contributed by atoms with Crippen LogP contribution < -0.4 is 0 Å². The minimum absolute atomic E-state index is 0.603. The van der Waals surface area contributed by atoms with Crippen LogP contribution in [0.25, 0.3) is 22.5 Å². The summed E-state index contributed by atoms with van der Waals surface area (Å²) in [5.41, 5.74) is 4.41. The third kappa shape index (κ3) is 6.84. The highest BCUT2D eigenvalue weighted by atomic mass is 15.5. The van der Waals surface area contributed by atoms with Gasteiger partial charge in [0.05, 0.1) is 6.54 Å². The molecule has 7 nitrogen and oxygen atoms in total. The monoisotopic (exact) mass is 471 g/mol. The summed E-state index contributed by atoms with van der Waals surface area (Å²) in [4.78, 5) is 4.91. The zero-order valence-corrected chi connectivity index (χ0v) is 21.1. The molecule has 2 aromatic carbocycles. The predicted molar refractivity (Wildman–Crippen MR) is 140 cm³/mol. The van der Waals surface area contributed by atoms with Crippen molar-refractivity contribution in [2.24, 2.45) is 0 Å². The minimum atomic E-state index is 0.603. The summed E-state index contributed by atoms with van der Waals surface area (Å²) >= 11 is 0. The average molecular weight is 472 g/mol. The largest absolute Gasteiger partial charge is 0.245 e. The van der Waals surface area contributed by atoms with Gasteiger partial charge in [0.15, 0.2) is 5.82 Å². The van der Waals surface area contributed by atoms with Crippen LogP contribution in [-0.4, -0.2) is 35.4 Å². The number of aromatic nitrogens is 7. The number of benzene rings is 2. The summed E-state index contributed by atoms with van der Waals surface area (Å²) in [7, 11) is 0. The first-order valence-corrected chi connectivity index (χ1v) is 13.1. The Morgan fingerprint density at radius 2 is 1.51 bits per heavy atom. The Hall–Kier alpha value is -3.35. The highest BCUT2D eigenvalue weighted by molar-refractivity contribution is 5.80. The number of H-pyrrole nitrogens is 1. The van der Waals surface area contributed by atoms with Crippen LogP contribution in [0.15, 0.2) is 48.5 Å². The maximum atomic E-state index is 4.91. The van der Waals surface area contributed by atoms with E-state index in [-0.39, 0.29) is 0 Å². The number of aromatic amines is 1. The number of hydrogen-bond donors (Lipinski definition) is 1. The van der Waals surface area contributed by atoms with E-state index in [4.69, 9.17) is 10.1 Å². The van der Waals surface area contributed by atoms with Crippen LogP contribution in [0, 0.1) is 0 Å². The van der Waals surface area contributed by atoms with Crippen LogP contribution in [0.3, 0.4) is 0 Å². The molecule has 1 N–H and O–H groups in total. The second kappa shape index (κ2) is 12.9. The molecule has 7 heteroatoms. The zero-order valence-electron chi connectivity index (χ0n) is 21.1. The third-order valence-corrected chi connectivity index (χ3v) is 6.41. The van der Waals surface area contributed by atoms with Crippen LogP contribution in [0.1, 0.15) is 82.4 Å². The van der Waals surface area contributed by atoms with E-state index in [0.717, 1.165) is 60.6 Å². The lowest BCUT2D eigenvalue weighted by atomic mass is 9.98. The second-order valence-electron chi connectivity index (χ2n) is 9.20. The van der Waals surface area contributed by atoms with Crippen LogP contribution in [0.5, 0.6) is 0 Å². The molecule has 0 aliphatic heterocycles. The lowest BCUT2D eigenvalue weighted by Crippen LogP contribution is -2.07. The van der Waals surface area contributed by atoms with E-state index in [1.807, 2.05) is 18.2 Å². The van der Waals surface area contributed by atoms with E-state index in [0.29, 0.717) is 5.82 Å².